The Morgan fingerprint density at radius 3 is 2.32 bits per heavy atom. The first-order valence-electron chi connectivity index (χ1n) is 5.81. The number of nitro groups is 1. The predicted octanol–water partition coefficient (Wildman–Crippen LogP) is 2.05. The lowest BCUT2D eigenvalue weighted by Crippen LogP contribution is -2.27. The second-order valence-corrected chi connectivity index (χ2v) is 5.51. The summed E-state index contributed by atoms with van der Waals surface area (Å²) >= 11 is 1.99. The van der Waals surface area contributed by atoms with Crippen LogP contribution in [0.2, 0.25) is 0 Å². The minimum atomic E-state index is -0.370. The molecule has 104 valence electrons. The van der Waals surface area contributed by atoms with Gasteiger partial charge >= 0.3 is 0 Å². The lowest BCUT2D eigenvalue weighted by molar-refractivity contribution is -0.385. The summed E-state index contributed by atoms with van der Waals surface area (Å²) < 4.78 is 11.4. The molecule has 1 aromatic carbocycles. The van der Waals surface area contributed by atoms with Crippen molar-refractivity contribution in [2.75, 3.05) is 32.2 Å². The Kier molecular flexibility index (Phi) is 4.58. The summed E-state index contributed by atoms with van der Waals surface area (Å²) in [6.45, 7) is 1.45. The highest BCUT2D eigenvalue weighted by Crippen LogP contribution is 2.29. The van der Waals surface area contributed by atoms with E-state index in [2.05, 4.69) is 4.90 Å². The normalized spacial score (nSPS) is 22.8. The molecule has 0 aromatic heterocycles. The van der Waals surface area contributed by atoms with Gasteiger partial charge in [0, 0.05) is 39.1 Å². The van der Waals surface area contributed by atoms with Crippen molar-refractivity contribution >= 4 is 34.0 Å². The Balaban J connectivity index is 2.20. The monoisotopic (exact) mass is 378 g/mol. The van der Waals surface area contributed by atoms with Crippen LogP contribution in [-0.2, 0) is 9.47 Å². The maximum atomic E-state index is 10.8. The van der Waals surface area contributed by atoms with Gasteiger partial charge < -0.3 is 14.4 Å². The van der Waals surface area contributed by atoms with Gasteiger partial charge in [0.15, 0.2) is 0 Å². The van der Waals surface area contributed by atoms with Gasteiger partial charge in [0.05, 0.1) is 8.49 Å². The van der Waals surface area contributed by atoms with E-state index in [0.717, 1.165) is 18.8 Å². The smallest absolute Gasteiger partial charge is 0.282 e. The number of anilines is 1. The summed E-state index contributed by atoms with van der Waals surface area (Å²) in [5.41, 5.74) is 1.09. The van der Waals surface area contributed by atoms with Crippen LogP contribution in [0.5, 0.6) is 0 Å². The number of nitrogens with zero attached hydrogens (tertiary/aromatic N) is 2. The van der Waals surface area contributed by atoms with Crippen LogP contribution in [0.1, 0.15) is 0 Å². The van der Waals surface area contributed by atoms with E-state index in [4.69, 9.17) is 9.47 Å². The summed E-state index contributed by atoms with van der Waals surface area (Å²) in [6, 6.07) is 5.13. The Hall–Kier alpha value is -0.930. The van der Waals surface area contributed by atoms with Gasteiger partial charge in [0.1, 0.15) is 12.2 Å². The molecule has 0 amide bonds. The molecule has 1 aliphatic rings. The van der Waals surface area contributed by atoms with Crippen LogP contribution in [0, 0.1) is 13.7 Å². The molecule has 0 bridgehead atoms. The number of benzene rings is 1. The van der Waals surface area contributed by atoms with Crippen LogP contribution in [0.15, 0.2) is 18.2 Å². The van der Waals surface area contributed by atoms with Crippen LogP contribution in [-0.4, -0.2) is 44.4 Å². The van der Waals surface area contributed by atoms with Gasteiger partial charge in [0.2, 0.25) is 0 Å². The molecule has 1 heterocycles. The lowest BCUT2D eigenvalue weighted by Gasteiger charge is -2.18. The molecule has 2 rings (SSSR count). The van der Waals surface area contributed by atoms with Gasteiger partial charge in [-0.2, -0.15) is 0 Å². The third-order valence-corrected chi connectivity index (χ3v) is 4.18. The average molecular weight is 378 g/mol. The van der Waals surface area contributed by atoms with Crippen molar-refractivity contribution in [1.29, 1.82) is 0 Å². The van der Waals surface area contributed by atoms with Crippen molar-refractivity contribution in [2.45, 2.75) is 12.2 Å². The molecule has 0 spiro atoms. The van der Waals surface area contributed by atoms with E-state index in [0.29, 0.717) is 3.57 Å². The molecule has 1 fully saturated rings. The Morgan fingerprint density at radius 2 is 1.89 bits per heavy atom. The molecule has 19 heavy (non-hydrogen) atoms. The van der Waals surface area contributed by atoms with E-state index in [1.54, 1.807) is 26.4 Å². The third kappa shape index (κ3) is 2.98. The Bertz CT molecular complexity index is 471. The minimum Gasteiger partial charge on any atom is -0.377 e. The standard InChI is InChI=1S/C12H15IN2O4/c1-18-11-6-14(7-12(11)19-2)8-3-4-10(15(16)17)9(13)5-8/h3-5,11-12H,6-7H2,1-2H3. The SMILES string of the molecule is COC1CN(c2ccc([N+](=O)[O-])c(I)c2)CC1OC. The van der Waals surface area contributed by atoms with Gasteiger partial charge in [-0.25, -0.2) is 0 Å². The molecule has 1 aliphatic heterocycles. The molecule has 2 atom stereocenters. The van der Waals surface area contributed by atoms with Crippen LogP contribution in [0.3, 0.4) is 0 Å². The first kappa shape index (κ1) is 14.5. The number of rotatable bonds is 4. The van der Waals surface area contributed by atoms with Gasteiger partial charge in [0.25, 0.3) is 5.69 Å². The van der Waals surface area contributed by atoms with Crippen molar-refractivity contribution < 1.29 is 14.4 Å². The van der Waals surface area contributed by atoms with Gasteiger partial charge in [-0.1, -0.05) is 0 Å². The van der Waals surface area contributed by atoms with E-state index in [9.17, 15) is 10.1 Å². The fraction of sp³-hybridized carbons (Fsp3) is 0.500. The fourth-order valence-corrected chi connectivity index (χ4v) is 2.94. The first-order valence-corrected chi connectivity index (χ1v) is 6.89. The van der Waals surface area contributed by atoms with Crippen LogP contribution in [0.25, 0.3) is 0 Å². The zero-order chi connectivity index (χ0) is 14.0. The summed E-state index contributed by atoms with van der Waals surface area (Å²) in [5, 5.41) is 10.8. The molecular formula is C12H15IN2O4. The predicted molar refractivity (Wildman–Crippen MR) is 79.6 cm³/mol. The van der Waals surface area contributed by atoms with E-state index in [1.165, 1.54) is 0 Å². The first-order chi connectivity index (χ1) is 9.06. The molecule has 6 nitrogen and oxygen atoms in total. The van der Waals surface area contributed by atoms with Crippen molar-refractivity contribution in [1.82, 2.24) is 0 Å². The quantitative estimate of drug-likeness (QED) is 0.456. The Labute approximate surface area is 125 Å². The lowest BCUT2D eigenvalue weighted by atomic mass is 10.2. The number of nitro benzene ring substituents is 1. The summed E-state index contributed by atoms with van der Waals surface area (Å²) in [5.74, 6) is 0. The number of ether oxygens (including phenoxy) is 2. The van der Waals surface area contributed by atoms with E-state index in [-0.39, 0.29) is 22.8 Å². The molecule has 0 saturated carbocycles. The van der Waals surface area contributed by atoms with Crippen LogP contribution >= 0.6 is 22.6 Å². The summed E-state index contributed by atoms with van der Waals surface area (Å²) in [6.07, 6.45) is 0.0516. The molecular weight excluding hydrogens is 363 g/mol. The zero-order valence-electron chi connectivity index (χ0n) is 10.7. The Morgan fingerprint density at radius 1 is 1.32 bits per heavy atom. The van der Waals surface area contributed by atoms with E-state index in [1.807, 2.05) is 28.7 Å². The second kappa shape index (κ2) is 6.02. The largest absolute Gasteiger partial charge is 0.377 e. The zero-order valence-corrected chi connectivity index (χ0v) is 12.9. The van der Waals surface area contributed by atoms with Crippen molar-refractivity contribution in [3.05, 3.63) is 31.9 Å². The number of methoxy groups -OCH3 is 2. The molecule has 2 unspecified atom stereocenters. The number of halogens is 1. The molecule has 7 heteroatoms. The molecule has 0 N–H and O–H groups in total. The molecule has 1 saturated heterocycles. The summed E-state index contributed by atoms with van der Waals surface area (Å²) in [4.78, 5) is 12.5. The van der Waals surface area contributed by atoms with Gasteiger partial charge in [-0.3, -0.25) is 10.1 Å². The van der Waals surface area contributed by atoms with Crippen molar-refractivity contribution in [2.24, 2.45) is 0 Å². The molecule has 0 aliphatic carbocycles. The van der Waals surface area contributed by atoms with Crippen LogP contribution in [0.4, 0.5) is 11.4 Å². The number of hydrogen-bond acceptors (Lipinski definition) is 5. The minimum absolute atomic E-state index is 0.0258. The maximum Gasteiger partial charge on any atom is 0.282 e. The highest BCUT2D eigenvalue weighted by Gasteiger charge is 2.33. The maximum absolute atomic E-state index is 10.8. The fourth-order valence-electron chi connectivity index (χ4n) is 2.25. The highest BCUT2D eigenvalue weighted by atomic mass is 127. The third-order valence-electron chi connectivity index (χ3n) is 3.31. The molecule has 1 aromatic rings. The van der Waals surface area contributed by atoms with Gasteiger partial charge in [-0.05, 0) is 34.7 Å². The second-order valence-electron chi connectivity index (χ2n) is 4.35. The van der Waals surface area contributed by atoms with E-state index < -0.39 is 0 Å². The topological polar surface area (TPSA) is 64.8 Å². The van der Waals surface area contributed by atoms with Gasteiger partial charge in [-0.15, -0.1) is 0 Å². The average Bonchev–Trinajstić information content (AvgIpc) is 2.81. The molecule has 0 radical (unpaired) electrons. The highest BCUT2D eigenvalue weighted by molar-refractivity contribution is 14.1. The van der Waals surface area contributed by atoms with Crippen molar-refractivity contribution in [3.63, 3.8) is 0 Å². The number of hydrogen-bond donors (Lipinski definition) is 0. The summed E-state index contributed by atoms with van der Waals surface area (Å²) in [7, 11) is 3.33. The van der Waals surface area contributed by atoms with Crippen LogP contribution < -0.4 is 4.90 Å². The van der Waals surface area contributed by atoms with Crippen molar-refractivity contribution in [3.8, 4) is 0 Å². The van der Waals surface area contributed by atoms with E-state index >= 15 is 0 Å².